The molecule has 0 saturated carbocycles. The van der Waals surface area contributed by atoms with Crippen LogP contribution >= 0.6 is 11.6 Å². The summed E-state index contributed by atoms with van der Waals surface area (Å²) in [5, 5.41) is 42.0. The average molecular weight is 1550 g/mol. The summed E-state index contributed by atoms with van der Waals surface area (Å²) in [5.41, 5.74) is 29.0. The number of carbonyl (C=O) groups excluding carboxylic acids is 6. The first-order valence-corrected chi connectivity index (χ1v) is 36.0. The number of nitrogens with two attached hydrogens (primary N) is 3. The summed E-state index contributed by atoms with van der Waals surface area (Å²) in [6, 6.07) is 61.6. The SMILES string of the molecule is C.C.C=CC(=O)Cl.C=CC(=O)N1CCC(c2ccc(C(N)=O)c(-c3ccc(C(O)c4ccccc4)cc3)n2)CC1.CC(C)(C)OC(=O)N1CCC(c2ccc(C(N)=O)c(-c3ccc(C(O)c4ccccc4)cc3)n2)CC1.NC(=O)c1ccc(C2CCNCC2)nc1-c1ccc(C(O)c2ccccc2)cc1.O=C(O)C(F)(F)F. The second kappa shape index (κ2) is 42.0. The largest absolute Gasteiger partial charge is 0.490 e. The smallest absolute Gasteiger partial charge is 0.475 e. The van der Waals surface area contributed by atoms with E-state index in [0.717, 1.165) is 125 Å². The monoisotopic (exact) mass is 1550 g/mol. The van der Waals surface area contributed by atoms with Crippen LogP contribution in [0.4, 0.5) is 18.0 Å². The molecule has 3 aromatic heterocycles. The van der Waals surface area contributed by atoms with Gasteiger partial charge >= 0.3 is 18.2 Å². The number of allylic oxidation sites excluding steroid dienone is 1. The Bertz CT molecular complexity index is 4630. The predicted molar refractivity (Wildman–Crippen MR) is 428 cm³/mol. The van der Waals surface area contributed by atoms with Gasteiger partial charge in [0.2, 0.25) is 11.1 Å². The number of ether oxygens (including phenoxy) is 1. The van der Waals surface area contributed by atoms with Crippen molar-refractivity contribution < 1.29 is 71.9 Å². The number of nitrogens with zero attached hydrogens (tertiary/aromatic N) is 5. The minimum absolute atomic E-state index is 0. The highest BCUT2D eigenvalue weighted by Gasteiger charge is 2.38. The maximum Gasteiger partial charge on any atom is 0.490 e. The quantitative estimate of drug-likeness (QED) is 0.0310. The van der Waals surface area contributed by atoms with Crippen molar-refractivity contribution in [1.29, 1.82) is 0 Å². The van der Waals surface area contributed by atoms with Crippen LogP contribution in [0.1, 0.15) is 192 Å². The number of rotatable bonds is 17. The van der Waals surface area contributed by atoms with Crippen molar-refractivity contribution in [3.63, 3.8) is 0 Å². The molecule has 3 aliphatic rings. The molecule has 0 aliphatic carbocycles. The Labute approximate surface area is 656 Å². The number of likely N-dealkylation sites (tertiary alicyclic amines) is 2. The molecule has 112 heavy (non-hydrogen) atoms. The molecule has 11 N–H and O–H groups in total. The van der Waals surface area contributed by atoms with E-state index in [9.17, 15) is 57.3 Å². The molecular formula is C87H97ClF3N9O12. The van der Waals surface area contributed by atoms with E-state index in [1.54, 1.807) is 28.0 Å². The van der Waals surface area contributed by atoms with E-state index >= 15 is 0 Å². The summed E-state index contributed by atoms with van der Waals surface area (Å²) in [6.07, 6.45) is -0.00902. The zero-order chi connectivity index (χ0) is 79.8. The number of hydrogen-bond acceptors (Lipinski definition) is 15. The first kappa shape index (κ1) is 89.4. The Balaban J connectivity index is 0.000000242. The van der Waals surface area contributed by atoms with Crippen LogP contribution in [0, 0.1) is 0 Å². The number of primary amides is 3. The zero-order valence-corrected chi connectivity index (χ0v) is 61.9. The summed E-state index contributed by atoms with van der Waals surface area (Å²) in [6.45, 7) is 16.6. The van der Waals surface area contributed by atoms with Crippen LogP contribution in [0.5, 0.6) is 0 Å². The van der Waals surface area contributed by atoms with Gasteiger partial charge in [0.1, 0.15) is 23.9 Å². The number of aromatic nitrogens is 3. The van der Waals surface area contributed by atoms with Crippen LogP contribution in [0.2, 0.25) is 0 Å². The lowest BCUT2D eigenvalue weighted by Crippen LogP contribution is -2.41. The summed E-state index contributed by atoms with van der Waals surface area (Å²) < 4.78 is 37.2. The third-order valence-corrected chi connectivity index (χ3v) is 18.7. The number of halogens is 4. The van der Waals surface area contributed by atoms with E-state index in [4.69, 9.17) is 58.4 Å². The highest BCUT2D eigenvalue weighted by Crippen LogP contribution is 2.36. The number of aliphatic hydroxyl groups excluding tert-OH is 3. The third-order valence-electron chi connectivity index (χ3n) is 18.5. The Morgan fingerprint density at radius 3 is 0.982 bits per heavy atom. The van der Waals surface area contributed by atoms with Crippen LogP contribution < -0.4 is 22.5 Å². The molecule has 9 aromatic rings. The molecule has 6 heterocycles. The molecule has 3 fully saturated rings. The number of amides is 5. The van der Waals surface area contributed by atoms with Gasteiger partial charge in [-0.3, -0.25) is 38.9 Å². The van der Waals surface area contributed by atoms with Gasteiger partial charge in [0.15, 0.2) is 0 Å². The fourth-order valence-electron chi connectivity index (χ4n) is 12.6. The second-order valence-corrected chi connectivity index (χ2v) is 27.5. The Morgan fingerprint density at radius 1 is 0.464 bits per heavy atom. The number of alkyl halides is 3. The van der Waals surface area contributed by atoms with Crippen molar-refractivity contribution in [2.75, 3.05) is 39.3 Å². The van der Waals surface area contributed by atoms with Crippen molar-refractivity contribution in [3.8, 4) is 33.8 Å². The van der Waals surface area contributed by atoms with E-state index in [0.29, 0.717) is 65.9 Å². The van der Waals surface area contributed by atoms with Crippen molar-refractivity contribution in [2.24, 2.45) is 17.2 Å². The molecule has 12 rings (SSSR count). The van der Waals surface area contributed by atoms with Crippen LogP contribution in [-0.2, 0) is 19.1 Å². The first-order chi connectivity index (χ1) is 52.4. The normalized spacial score (nSPS) is 14.5. The standard InChI is InChI=1S/C29H33N3O4.C27H27N3O3.C24H25N3O2.C3H3ClO.C2HF3O2.2CH4/c1-29(2,3)36-28(35)32-17-15-19(16-18-32)24-14-13-23(27(30)34)25(31-24)20-9-11-22(12-10-20)26(33)21-7-5-4-6-8-21;1-2-24(31)30-16-14-18(15-17-30)23-13-12-22(27(28)33)25(29-23)19-8-10-21(11-9-19)26(32)20-6-4-3-5-7-20;25-24(29)20-10-11-21(16-12-14-26-15-13-16)27-22(20)17-6-8-19(9-7-17)23(28)18-4-2-1-3-5-18;1-2-3(4)5;3-2(4,5)1(6)7;;/h4-14,19,26,33H,15-18H2,1-3H3,(H2,30,34);2-13,18,26,32H,1,14-17H2,(H2,28,33);1-11,16,23,26,28H,12-15H2,(H2,25,29);2H,1H2;(H,6,7);2*1H4. The van der Waals surface area contributed by atoms with Crippen LogP contribution in [-0.4, -0.2) is 137 Å². The second-order valence-electron chi connectivity index (χ2n) is 27.2. The fourth-order valence-corrected chi connectivity index (χ4v) is 12.6. The van der Waals surface area contributed by atoms with Crippen molar-refractivity contribution in [2.45, 2.75) is 122 Å². The number of pyridine rings is 3. The molecule has 590 valence electrons. The number of aliphatic hydroxyl groups is 3. The fraction of sp³-hybridized carbons (Fsp3) is 0.287. The molecule has 3 unspecified atom stereocenters. The Hall–Kier alpha value is -11.5. The van der Waals surface area contributed by atoms with Gasteiger partial charge < -0.3 is 57.5 Å². The van der Waals surface area contributed by atoms with Gasteiger partial charge in [-0.1, -0.05) is 192 Å². The third kappa shape index (κ3) is 25.2. The predicted octanol–water partition coefficient (Wildman–Crippen LogP) is 15.1. The van der Waals surface area contributed by atoms with E-state index in [1.165, 1.54) is 6.08 Å². The van der Waals surface area contributed by atoms with Gasteiger partial charge in [0.05, 0.1) is 33.8 Å². The number of piperidine rings is 3. The molecule has 0 bridgehead atoms. The van der Waals surface area contributed by atoms with E-state index in [2.05, 4.69) is 18.5 Å². The average Bonchev–Trinajstić information content (AvgIpc) is 0.778. The molecule has 5 amide bonds. The Morgan fingerprint density at radius 2 is 0.732 bits per heavy atom. The maximum absolute atomic E-state index is 12.4. The Kier molecular flexibility index (Phi) is 33.5. The first-order valence-electron chi connectivity index (χ1n) is 35.6. The molecule has 6 aromatic carbocycles. The number of carbonyl (C=O) groups is 7. The molecule has 21 nitrogen and oxygen atoms in total. The molecule has 3 saturated heterocycles. The number of nitrogens with one attached hydrogen (secondary N) is 1. The molecule has 25 heteroatoms. The summed E-state index contributed by atoms with van der Waals surface area (Å²) >= 11 is 4.71. The van der Waals surface area contributed by atoms with Gasteiger partial charge in [0.25, 0.3) is 17.7 Å². The van der Waals surface area contributed by atoms with Gasteiger partial charge in [-0.05, 0) is 166 Å². The number of benzene rings is 6. The van der Waals surface area contributed by atoms with E-state index < -0.39 is 59.0 Å². The molecule has 0 radical (unpaired) electrons. The number of carboxylic acid groups (broad SMARTS) is 1. The lowest BCUT2D eigenvalue weighted by Gasteiger charge is -2.33. The molecular weight excluding hydrogens is 1460 g/mol. The van der Waals surface area contributed by atoms with E-state index in [-0.39, 0.29) is 38.7 Å². The summed E-state index contributed by atoms with van der Waals surface area (Å²) in [7, 11) is 0. The van der Waals surface area contributed by atoms with Crippen molar-refractivity contribution in [3.05, 3.63) is 293 Å². The van der Waals surface area contributed by atoms with Crippen LogP contribution in [0.25, 0.3) is 33.8 Å². The topological polar surface area (TPSA) is 345 Å². The minimum atomic E-state index is -5.08. The lowest BCUT2D eigenvalue weighted by atomic mass is 9.91. The minimum Gasteiger partial charge on any atom is -0.475 e. The molecule has 3 atom stereocenters. The molecule has 3 aliphatic heterocycles. The number of aliphatic carboxylic acids is 1. The van der Waals surface area contributed by atoms with Crippen LogP contribution in [0.15, 0.2) is 226 Å². The van der Waals surface area contributed by atoms with Crippen molar-refractivity contribution in [1.82, 2.24) is 30.1 Å². The number of carboxylic acids is 1. The summed E-state index contributed by atoms with van der Waals surface area (Å²) in [5.74, 6) is -3.64. The lowest BCUT2D eigenvalue weighted by molar-refractivity contribution is -0.192. The maximum atomic E-state index is 12.4. The summed E-state index contributed by atoms with van der Waals surface area (Å²) in [4.78, 5) is 96.9. The highest BCUT2D eigenvalue weighted by molar-refractivity contribution is 6.66. The van der Waals surface area contributed by atoms with Crippen LogP contribution in [0.3, 0.4) is 0 Å². The molecule has 0 spiro atoms. The van der Waals surface area contributed by atoms with E-state index in [1.807, 2.05) is 203 Å². The van der Waals surface area contributed by atoms with Gasteiger partial charge in [-0.2, -0.15) is 13.2 Å². The van der Waals surface area contributed by atoms with Gasteiger partial charge in [-0.25, -0.2) is 9.59 Å². The number of hydrogen-bond donors (Lipinski definition) is 8. The van der Waals surface area contributed by atoms with Crippen molar-refractivity contribution >= 4 is 52.5 Å². The van der Waals surface area contributed by atoms with Gasteiger partial charge in [-0.15, -0.1) is 0 Å². The van der Waals surface area contributed by atoms with Gasteiger partial charge in [0, 0.05) is 77.7 Å². The highest BCUT2D eigenvalue weighted by atomic mass is 35.5. The zero-order valence-electron chi connectivity index (χ0n) is 61.1.